The maximum atomic E-state index is 5.92. The zero-order valence-corrected chi connectivity index (χ0v) is 13.2. The van der Waals surface area contributed by atoms with Crippen LogP contribution in [0.5, 0.6) is 0 Å². The molecule has 6 nitrogen and oxygen atoms in total. The van der Waals surface area contributed by atoms with Gasteiger partial charge in [-0.25, -0.2) is 4.98 Å². The van der Waals surface area contributed by atoms with Crippen LogP contribution in [-0.4, -0.2) is 59.6 Å². The normalized spacial score (nSPS) is 28.6. The van der Waals surface area contributed by atoms with E-state index >= 15 is 0 Å². The molecule has 6 heteroatoms. The molecule has 118 valence electrons. The molecule has 1 aromatic rings. The van der Waals surface area contributed by atoms with Gasteiger partial charge in [-0.15, -0.1) is 0 Å². The lowest BCUT2D eigenvalue weighted by molar-refractivity contribution is -0.192. The van der Waals surface area contributed by atoms with Gasteiger partial charge in [0, 0.05) is 44.4 Å². The molecule has 1 aliphatic carbocycles. The van der Waals surface area contributed by atoms with Gasteiger partial charge in [0.05, 0.1) is 19.8 Å². The fraction of sp³-hybridized carbons (Fsp3) is 0.800. The van der Waals surface area contributed by atoms with E-state index in [4.69, 9.17) is 9.47 Å². The second-order valence-corrected chi connectivity index (χ2v) is 6.18. The minimum Gasteiger partial charge on any atom is -0.347 e. The van der Waals surface area contributed by atoms with E-state index in [2.05, 4.69) is 26.8 Å². The van der Waals surface area contributed by atoms with Crippen molar-refractivity contribution in [2.24, 2.45) is 7.05 Å². The highest BCUT2D eigenvalue weighted by molar-refractivity contribution is 4.98. The standard InChI is InChI=1S/C15H26N4O2/c1-16-12-4-5-15(20-8-9-21-15)10-13(12)19(3)11-14-17-6-7-18(14)2/h6-7,12-13,16H,4-5,8-11H2,1-3H3. The largest absolute Gasteiger partial charge is 0.347 e. The van der Waals surface area contributed by atoms with Gasteiger partial charge in [-0.1, -0.05) is 0 Å². The quantitative estimate of drug-likeness (QED) is 0.887. The first-order valence-corrected chi connectivity index (χ1v) is 7.75. The van der Waals surface area contributed by atoms with Crippen LogP contribution in [0.4, 0.5) is 0 Å². The van der Waals surface area contributed by atoms with Crippen LogP contribution in [0, 0.1) is 0 Å². The summed E-state index contributed by atoms with van der Waals surface area (Å²) in [6.45, 7) is 2.28. The minimum atomic E-state index is -0.353. The molecule has 0 radical (unpaired) electrons. The molecule has 2 aliphatic rings. The molecular formula is C15H26N4O2. The third kappa shape index (κ3) is 2.99. The Morgan fingerprint density at radius 2 is 2.24 bits per heavy atom. The summed E-state index contributed by atoms with van der Waals surface area (Å²) >= 11 is 0. The van der Waals surface area contributed by atoms with E-state index in [0.29, 0.717) is 12.1 Å². The molecule has 1 N–H and O–H groups in total. The molecule has 1 spiro atoms. The number of aryl methyl sites for hydroxylation is 1. The minimum absolute atomic E-state index is 0.353. The van der Waals surface area contributed by atoms with E-state index in [1.165, 1.54) is 0 Å². The summed E-state index contributed by atoms with van der Waals surface area (Å²) in [7, 11) is 6.25. The van der Waals surface area contributed by atoms with Gasteiger partial charge in [-0.2, -0.15) is 0 Å². The molecule has 0 bridgehead atoms. The fourth-order valence-electron chi connectivity index (χ4n) is 3.58. The van der Waals surface area contributed by atoms with Crippen molar-refractivity contribution in [1.82, 2.24) is 19.8 Å². The number of hydrogen-bond donors (Lipinski definition) is 1. The Balaban J connectivity index is 1.71. The summed E-state index contributed by atoms with van der Waals surface area (Å²) < 4.78 is 13.9. The highest BCUT2D eigenvalue weighted by Gasteiger charge is 2.45. The number of nitrogens with one attached hydrogen (secondary N) is 1. The predicted octanol–water partition coefficient (Wildman–Crippen LogP) is 0.735. The van der Waals surface area contributed by atoms with Crippen LogP contribution in [-0.2, 0) is 23.1 Å². The van der Waals surface area contributed by atoms with E-state index < -0.39 is 0 Å². The number of rotatable bonds is 4. The summed E-state index contributed by atoms with van der Waals surface area (Å²) in [4.78, 5) is 6.80. The van der Waals surface area contributed by atoms with Gasteiger partial charge < -0.3 is 19.4 Å². The maximum absolute atomic E-state index is 5.92. The molecule has 2 fully saturated rings. The number of hydrogen-bond acceptors (Lipinski definition) is 5. The van der Waals surface area contributed by atoms with Gasteiger partial charge >= 0.3 is 0 Å². The molecule has 2 heterocycles. The Morgan fingerprint density at radius 1 is 1.48 bits per heavy atom. The topological polar surface area (TPSA) is 51.6 Å². The molecule has 1 saturated heterocycles. The molecule has 21 heavy (non-hydrogen) atoms. The highest BCUT2D eigenvalue weighted by atomic mass is 16.7. The van der Waals surface area contributed by atoms with Crippen molar-refractivity contribution in [1.29, 1.82) is 0 Å². The molecular weight excluding hydrogens is 268 g/mol. The lowest BCUT2D eigenvalue weighted by Crippen LogP contribution is -2.56. The van der Waals surface area contributed by atoms with Crippen molar-refractivity contribution >= 4 is 0 Å². The molecule has 0 amide bonds. The summed E-state index contributed by atoms with van der Waals surface area (Å²) in [5, 5.41) is 3.46. The molecule has 3 rings (SSSR count). The van der Waals surface area contributed by atoms with Crippen LogP contribution in [0.1, 0.15) is 25.1 Å². The van der Waals surface area contributed by atoms with Crippen LogP contribution < -0.4 is 5.32 Å². The van der Waals surface area contributed by atoms with Crippen LogP contribution in [0.3, 0.4) is 0 Å². The van der Waals surface area contributed by atoms with E-state index in [1.807, 2.05) is 26.5 Å². The van der Waals surface area contributed by atoms with Crippen LogP contribution in [0.15, 0.2) is 12.4 Å². The van der Waals surface area contributed by atoms with Crippen molar-refractivity contribution in [3.63, 3.8) is 0 Å². The van der Waals surface area contributed by atoms with Crippen molar-refractivity contribution < 1.29 is 9.47 Å². The van der Waals surface area contributed by atoms with Crippen molar-refractivity contribution in [3.05, 3.63) is 18.2 Å². The van der Waals surface area contributed by atoms with E-state index in [0.717, 1.165) is 44.8 Å². The third-order valence-corrected chi connectivity index (χ3v) is 4.88. The predicted molar refractivity (Wildman–Crippen MR) is 79.8 cm³/mol. The Morgan fingerprint density at radius 3 is 2.86 bits per heavy atom. The SMILES string of the molecule is CNC1CCC2(CC1N(C)Cc1nccn1C)OCCO2. The van der Waals surface area contributed by atoms with Gasteiger partial charge in [0.1, 0.15) is 5.82 Å². The van der Waals surface area contributed by atoms with Crippen LogP contribution >= 0.6 is 0 Å². The van der Waals surface area contributed by atoms with Crippen LogP contribution in [0.2, 0.25) is 0 Å². The average molecular weight is 294 g/mol. The molecule has 1 aromatic heterocycles. The van der Waals surface area contributed by atoms with Crippen molar-refractivity contribution in [3.8, 4) is 0 Å². The molecule has 1 aliphatic heterocycles. The first kappa shape index (κ1) is 15.0. The second kappa shape index (κ2) is 6.04. The smallest absolute Gasteiger partial charge is 0.170 e. The second-order valence-electron chi connectivity index (χ2n) is 6.18. The van der Waals surface area contributed by atoms with Gasteiger partial charge in [0.15, 0.2) is 5.79 Å². The lowest BCUT2D eigenvalue weighted by atomic mass is 9.85. The lowest BCUT2D eigenvalue weighted by Gasteiger charge is -2.44. The number of nitrogens with zero attached hydrogens (tertiary/aromatic N) is 3. The highest BCUT2D eigenvalue weighted by Crippen LogP contribution is 2.37. The van der Waals surface area contributed by atoms with Crippen molar-refractivity contribution in [2.45, 2.75) is 43.7 Å². The zero-order chi connectivity index (χ0) is 14.9. The summed E-state index contributed by atoms with van der Waals surface area (Å²) in [6, 6.07) is 0.854. The van der Waals surface area contributed by atoms with Crippen molar-refractivity contribution in [2.75, 3.05) is 27.3 Å². The van der Waals surface area contributed by atoms with Gasteiger partial charge in [0.25, 0.3) is 0 Å². The number of imidazole rings is 1. The molecule has 1 saturated carbocycles. The first-order valence-electron chi connectivity index (χ1n) is 7.75. The Hall–Kier alpha value is -0.950. The number of ether oxygens (including phenoxy) is 2. The summed E-state index contributed by atoms with van der Waals surface area (Å²) in [5.74, 6) is 0.730. The van der Waals surface area contributed by atoms with E-state index in [9.17, 15) is 0 Å². The van der Waals surface area contributed by atoms with Gasteiger partial charge in [-0.05, 0) is 20.5 Å². The first-order chi connectivity index (χ1) is 10.1. The molecule has 0 aromatic carbocycles. The van der Waals surface area contributed by atoms with E-state index in [1.54, 1.807) is 0 Å². The third-order valence-electron chi connectivity index (χ3n) is 4.88. The summed E-state index contributed by atoms with van der Waals surface area (Å²) in [5.41, 5.74) is 0. The Bertz CT molecular complexity index is 470. The van der Waals surface area contributed by atoms with Crippen LogP contribution in [0.25, 0.3) is 0 Å². The number of aromatic nitrogens is 2. The summed E-state index contributed by atoms with van der Waals surface area (Å²) in [6.07, 6.45) is 6.81. The van der Waals surface area contributed by atoms with Gasteiger partial charge in [0.2, 0.25) is 0 Å². The number of likely N-dealkylation sites (N-methyl/N-ethyl adjacent to an activating group) is 2. The monoisotopic (exact) mass is 294 g/mol. The molecule has 2 unspecified atom stereocenters. The average Bonchev–Trinajstić information content (AvgIpc) is 3.09. The van der Waals surface area contributed by atoms with Gasteiger partial charge in [-0.3, -0.25) is 4.90 Å². The maximum Gasteiger partial charge on any atom is 0.170 e. The molecule has 2 atom stereocenters. The van der Waals surface area contributed by atoms with E-state index in [-0.39, 0.29) is 5.79 Å². The fourth-order valence-corrected chi connectivity index (χ4v) is 3.58. The Labute approximate surface area is 126 Å². The zero-order valence-electron chi connectivity index (χ0n) is 13.2. The Kier molecular flexibility index (Phi) is 4.31.